The average molecular weight is 421 g/mol. The van der Waals surface area contributed by atoms with E-state index in [1.54, 1.807) is 33.0 Å². The maximum atomic E-state index is 13.6. The first-order chi connectivity index (χ1) is 13.8. The highest BCUT2D eigenvalue weighted by atomic mass is 32.2. The lowest BCUT2D eigenvalue weighted by Crippen LogP contribution is -2.37. The van der Waals surface area contributed by atoms with Crippen LogP contribution in [0.25, 0.3) is 0 Å². The highest BCUT2D eigenvalue weighted by molar-refractivity contribution is 7.88. The molecule has 3 N–H and O–H groups in total. The molecule has 6 nitrogen and oxygen atoms in total. The summed E-state index contributed by atoms with van der Waals surface area (Å²) in [5.74, 6) is 0.370. The second-order valence-corrected chi connectivity index (χ2v) is 8.80. The molecule has 0 spiro atoms. The summed E-state index contributed by atoms with van der Waals surface area (Å²) in [6, 6.07) is 14.0. The maximum absolute atomic E-state index is 13.6. The van der Waals surface area contributed by atoms with E-state index in [2.05, 4.69) is 20.3 Å². The molecule has 0 aromatic heterocycles. The number of rotatable bonds is 9. The van der Waals surface area contributed by atoms with E-state index in [1.807, 2.05) is 30.3 Å². The van der Waals surface area contributed by atoms with Gasteiger partial charge in [-0.3, -0.25) is 4.99 Å². The van der Waals surface area contributed by atoms with Crippen molar-refractivity contribution in [3.8, 4) is 0 Å². The van der Waals surface area contributed by atoms with Gasteiger partial charge in [0.25, 0.3) is 0 Å². The Morgan fingerprint density at radius 1 is 1.03 bits per heavy atom. The molecule has 0 aliphatic heterocycles. The molecule has 158 valence electrons. The number of hydrogen-bond donors (Lipinski definition) is 3. The summed E-state index contributed by atoms with van der Waals surface area (Å²) in [6.07, 6.45) is 0.557. The predicted molar refractivity (Wildman–Crippen MR) is 116 cm³/mol. The number of guanidine groups is 1. The zero-order valence-electron chi connectivity index (χ0n) is 17.1. The highest BCUT2D eigenvalue weighted by Gasteiger charge is 2.12. The molecule has 2 aromatic carbocycles. The lowest BCUT2D eigenvalue weighted by atomic mass is 10.1. The summed E-state index contributed by atoms with van der Waals surface area (Å²) in [4.78, 5) is 4.16. The van der Waals surface area contributed by atoms with Gasteiger partial charge in [-0.25, -0.2) is 17.5 Å². The van der Waals surface area contributed by atoms with E-state index < -0.39 is 10.0 Å². The van der Waals surface area contributed by atoms with Crippen molar-refractivity contribution < 1.29 is 12.8 Å². The Hall–Kier alpha value is -2.45. The molecular formula is C21H29FN4O2S. The monoisotopic (exact) mass is 420 g/mol. The van der Waals surface area contributed by atoms with Gasteiger partial charge in [0.2, 0.25) is 10.0 Å². The minimum atomic E-state index is -3.33. The third kappa shape index (κ3) is 8.21. The average Bonchev–Trinajstić information content (AvgIpc) is 2.65. The maximum Gasteiger partial charge on any atom is 0.216 e. The van der Waals surface area contributed by atoms with Gasteiger partial charge in [0.1, 0.15) is 5.82 Å². The predicted octanol–water partition coefficient (Wildman–Crippen LogP) is 2.56. The van der Waals surface area contributed by atoms with Crippen LogP contribution in [0, 0.1) is 5.82 Å². The Morgan fingerprint density at radius 3 is 2.31 bits per heavy atom. The van der Waals surface area contributed by atoms with Crippen LogP contribution in [0.15, 0.2) is 53.5 Å². The summed E-state index contributed by atoms with van der Waals surface area (Å²) < 4.78 is 40.2. The zero-order chi connectivity index (χ0) is 21.3. The van der Waals surface area contributed by atoms with Crippen LogP contribution in [0.1, 0.15) is 30.5 Å². The first-order valence-electron chi connectivity index (χ1n) is 9.55. The van der Waals surface area contributed by atoms with Crippen molar-refractivity contribution >= 4 is 16.0 Å². The molecule has 0 radical (unpaired) electrons. The number of aliphatic imine (C=N–C) groups is 1. The van der Waals surface area contributed by atoms with E-state index in [-0.39, 0.29) is 17.6 Å². The fourth-order valence-corrected chi connectivity index (χ4v) is 4.23. The Balaban J connectivity index is 1.81. The van der Waals surface area contributed by atoms with E-state index >= 15 is 0 Å². The number of benzene rings is 2. The second kappa shape index (κ2) is 10.9. The molecule has 0 aliphatic rings. The van der Waals surface area contributed by atoms with Gasteiger partial charge in [0.15, 0.2) is 5.96 Å². The number of halogens is 1. The molecule has 29 heavy (non-hydrogen) atoms. The Morgan fingerprint density at radius 2 is 1.69 bits per heavy atom. The summed E-state index contributed by atoms with van der Waals surface area (Å²) in [6.45, 7) is 4.68. The molecule has 0 atom stereocenters. The van der Waals surface area contributed by atoms with Gasteiger partial charge in [0, 0.05) is 26.2 Å². The van der Waals surface area contributed by atoms with Crippen LogP contribution in [0.3, 0.4) is 0 Å². The van der Waals surface area contributed by atoms with Gasteiger partial charge in [-0.1, -0.05) is 42.5 Å². The normalized spacial score (nSPS) is 12.2. The van der Waals surface area contributed by atoms with Crippen molar-refractivity contribution in [2.45, 2.75) is 38.6 Å². The summed E-state index contributed by atoms with van der Waals surface area (Å²) >= 11 is 0. The Bertz CT molecular complexity index is 913. The van der Waals surface area contributed by atoms with Gasteiger partial charge in [-0.05, 0) is 43.0 Å². The van der Waals surface area contributed by atoms with Crippen LogP contribution in [-0.4, -0.2) is 34.0 Å². The van der Waals surface area contributed by atoms with Crippen molar-refractivity contribution in [3.63, 3.8) is 0 Å². The van der Waals surface area contributed by atoms with Crippen LogP contribution < -0.4 is 15.4 Å². The van der Waals surface area contributed by atoms with Gasteiger partial charge in [-0.15, -0.1) is 0 Å². The van der Waals surface area contributed by atoms with E-state index in [9.17, 15) is 12.8 Å². The van der Waals surface area contributed by atoms with Crippen LogP contribution in [0.4, 0.5) is 4.39 Å². The standard InChI is InChI=1S/C21H29FN4O2S/c1-16(2)26-29(27,28)15-18-10-8-17(9-11-18)14-25-21(23-3)24-13-12-19-6-4-5-7-20(19)22/h4-11,16,26H,12-15H2,1-3H3,(H2,23,24,25). The van der Waals surface area contributed by atoms with Crippen LogP contribution in [0.5, 0.6) is 0 Å². The van der Waals surface area contributed by atoms with E-state index in [0.29, 0.717) is 31.0 Å². The molecule has 8 heteroatoms. The van der Waals surface area contributed by atoms with Crippen LogP contribution >= 0.6 is 0 Å². The lowest BCUT2D eigenvalue weighted by Gasteiger charge is -2.13. The molecule has 2 aromatic rings. The van der Waals surface area contributed by atoms with Crippen molar-refractivity contribution in [1.82, 2.24) is 15.4 Å². The number of hydrogen-bond acceptors (Lipinski definition) is 3. The van der Waals surface area contributed by atoms with Gasteiger partial charge >= 0.3 is 0 Å². The SMILES string of the molecule is CN=C(NCCc1ccccc1F)NCc1ccc(CS(=O)(=O)NC(C)C)cc1. The van der Waals surface area contributed by atoms with Gasteiger partial charge in [0.05, 0.1) is 5.75 Å². The van der Waals surface area contributed by atoms with Crippen LogP contribution in [0.2, 0.25) is 0 Å². The van der Waals surface area contributed by atoms with Gasteiger partial charge < -0.3 is 10.6 Å². The van der Waals surface area contributed by atoms with Gasteiger partial charge in [-0.2, -0.15) is 0 Å². The third-order valence-corrected chi connectivity index (χ3v) is 5.67. The van der Waals surface area contributed by atoms with Crippen molar-refractivity contribution in [3.05, 3.63) is 71.0 Å². The van der Waals surface area contributed by atoms with Crippen molar-refractivity contribution in [2.75, 3.05) is 13.6 Å². The summed E-state index contributed by atoms with van der Waals surface area (Å²) in [5.41, 5.74) is 2.39. The van der Waals surface area contributed by atoms with Crippen molar-refractivity contribution in [1.29, 1.82) is 0 Å². The number of nitrogens with one attached hydrogen (secondary N) is 3. The Labute approximate surface area is 172 Å². The molecule has 0 saturated heterocycles. The molecule has 0 saturated carbocycles. The minimum Gasteiger partial charge on any atom is -0.356 e. The molecule has 0 amide bonds. The Kier molecular flexibility index (Phi) is 8.60. The molecule has 0 fully saturated rings. The van der Waals surface area contributed by atoms with E-state index in [4.69, 9.17) is 0 Å². The first-order valence-corrected chi connectivity index (χ1v) is 11.2. The second-order valence-electron chi connectivity index (χ2n) is 7.04. The lowest BCUT2D eigenvalue weighted by molar-refractivity contribution is 0.569. The summed E-state index contributed by atoms with van der Waals surface area (Å²) in [7, 11) is -1.66. The van der Waals surface area contributed by atoms with E-state index in [0.717, 1.165) is 11.1 Å². The largest absolute Gasteiger partial charge is 0.356 e. The molecule has 0 aliphatic carbocycles. The zero-order valence-corrected chi connectivity index (χ0v) is 17.9. The summed E-state index contributed by atoms with van der Waals surface area (Å²) in [5, 5.41) is 6.36. The molecule has 0 unspecified atom stereocenters. The minimum absolute atomic E-state index is 0.0435. The number of nitrogens with zero attached hydrogens (tertiary/aromatic N) is 1. The smallest absolute Gasteiger partial charge is 0.216 e. The highest BCUT2D eigenvalue weighted by Crippen LogP contribution is 2.09. The molecule has 0 bridgehead atoms. The quantitative estimate of drug-likeness (QED) is 0.430. The molecule has 0 heterocycles. The fourth-order valence-electron chi connectivity index (χ4n) is 2.80. The first kappa shape index (κ1) is 22.8. The van der Waals surface area contributed by atoms with Crippen molar-refractivity contribution in [2.24, 2.45) is 4.99 Å². The molecular weight excluding hydrogens is 391 g/mol. The third-order valence-electron chi connectivity index (χ3n) is 4.12. The van der Waals surface area contributed by atoms with Crippen LogP contribution in [-0.2, 0) is 28.7 Å². The fraction of sp³-hybridized carbons (Fsp3) is 0.381. The molecule has 2 rings (SSSR count). The topological polar surface area (TPSA) is 82.6 Å². The number of sulfonamides is 1. The van der Waals surface area contributed by atoms with E-state index in [1.165, 1.54) is 6.07 Å².